The Hall–Kier alpha value is -0.540. The van der Waals surface area contributed by atoms with Crippen molar-refractivity contribution < 1.29 is 4.79 Å². The number of aryl methyl sites for hydroxylation is 1. The molecule has 4 heteroatoms. The van der Waals surface area contributed by atoms with Gasteiger partial charge in [0, 0.05) is 27.9 Å². The van der Waals surface area contributed by atoms with Crippen molar-refractivity contribution in [2.75, 3.05) is 12.4 Å². The van der Waals surface area contributed by atoms with Crippen LogP contribution in [0.25, 0.3) is 0 Å². The summed E-state index contributed by atoms with van der Waals surface area (Å²) >= 11 is 9.51. The van der Waals surface area contributed by atoms with Gasteiger partial charge in [-0.15, -0.1) is 11.6 Å². The van der Waals surface area contributed by atoms with Gasteiger partial charge in [0.25, 0.3) is 5.91 Å². The molecule has 1 aliphatic carbocycles. The molecule has 0 radical (unpaired) electrons. The van der Waals surface area contributed by atoms with Crippen molar-refractivity contribution in [3.05, 3.63) is 33.8 Å². The third-order valence-electron chi connectivity index (χ3n) is 3.88. The Kier molecular flexibility index (Phi) is 4.91. The summed E-state index contributed by atoms with van der Waals surface area (Å²) in [6, 6.07) is 5.75. The molecular formula is C15H19BrClNO. The van der Waals surface area contributed by atoms with E-state index in [1.807, 2.05) is 25.1 Å². The van der Waals surface area contributed by atoms with E-state index in [4.69, 9.17) is 11.6 Å². The van der Waals surface area contributed by atoms with E-state index in [0.29, 0.717) is 18.0 Å². The molecule has 2 nitrogen and oxygen atoms in total. The zero-order valence-corrected chi connectivity index (χ0v) is 13.5. The summed E-state index contributed by atoms with van der Waals surface area (Å²) in [5.74, 6) is 0.617. The SMILES string of the molecule is Cc1cc(Br)cc(C(=O)NCC2(CCl)CCCC2)c1. The quantitative estimate of drug-likeness (QED) is 0.811. The molecule has 1 amide bonds. The summed E-state index contributed by atoms with van der Waals surface area (Å²) in [6.45, 7) is 2.67. The van der Waals surface area contributed by atoms with E-state index in [1.54, 1.807) is 0 Å². The molecule has 0 atom stereocenters. The van der Waals surface area contributed by atoms with E-state index in [-0.39, 0.29) is 11.3 Å². The summed E-state index contributed by atoms with van der Waals surface area (Å²) in [4.78, 5) is 12.2. The van der Waals surface area contributed by atoms with Crippen LogP contribution >= 0.6 is 27.5 Å². The largest absolute Gasteiger partial charge is 0.351 e. The summed E-state index contributed by atoms with van der Waals surface area (Å²) in [7, 11) is 0. The lowest BCUT2D eigenvalue weighted by Gasteiger charge is -2.26. The molecule has 1 aliphatic rings. The molecule has 0 heterocycles. The highest BCUT2D eigenvalue weighted by Gasteiger charge is 2.33. The molecule has 19 heavy (non-hydrogen) atoms. The van der Waals surface area contributed by atoms with Crippen molar-refractivity contribution in [1.29, 1.82) is 0 Å². The Balaban J connectivity index is 2.01. The molecule has 0 aromatic heterocycles. The Labute approximate surface area is 128 Å². The number of halogens is 2. The first-order valence-electron chi connectivity index (χ1n) is 6.66. The van der Waals surface area contributed by atoms with Crippen LogP contribution in [0.2, 0.25) is 0 Å². The summed E-state index contributed by atoms with van der Waals surface area (Å²) in [6.07, 6.45) is 4.68. The highest BCUT2D eigenvalue weighted by atomic mass is 79.9. The van der Waals surface area contributed by atoms with Crippen LogP contribution in [-0.2, 0) is 0 Å². The van der Waals surface area contributed by atoms with Crippen LogP contribution in [0.5, 0.6) is 0 Å². The molecule has 0 spiro atoms. The minimum absolute atomic E-state index is 0.0132. The number of hydrogen-bond donors (Lipinski definition) is 1. The monoisotopic (exact) mass is 343 g/mol. The van der Waals surface area contributed by atoms with Crippen molar-refractivity contribution in [2.24, 2.45) is 5.41 Å². The van der Waals surface area contributed by atoms with Crippen LogP contribution in [-0.4, -0.2) is 18.3 Å². The molecule has 2 rings (SSSR count). The van der Waals surface area contributed by atoms with Crippen molar-refractivity contribution in [2.45, 2.75) is 32.6 Å². The van der Waals surface area contributed by atoms with Crippen LogP contribution in [0.3, 0.4) is 0 Å². The van der Waals surface area contributed by atoms with Gasteiger partial charge >= 0.3 is 0 Å². The molecule has 1 saturated carbocycles. The van der Waals surface area contributed by atoms with Crippen LogP contribution in [0.15, 0.2) is 22.7 Å². The lowest BCUT2D eigenvalue weighted by Crippen LogP contribution is -2.37. The standard InChI is InChI=1S/C15H19BrClNO/c1-11-6-12(8-13(16)7-11)14(19)18-10-15(9-17)4-2-3-5-15/h6-8H,2-5,9-10H2,1H3,(H,18,19). The zero-order valence-electron chi connectivity index (χ0n) is 11.1. The molecule has 104 valence electrons. The molecule has 0 unspecified atom stereocenters. The number of hydrogen-bond acceptors (Lipinski definition) is 1. The highest BCUT2D eigenvalue weighted by Crippen LogP contribution is 2.38. The van der Waals surface area contributed by atoms with E-state index in [9.17, 15) is 4.79 Å². The van der Waals surface area contributed by atoms with Crippen molar-refractivity contribution >= 4 is 33.4 Å². The fourth-order valence-corrected chi connectivity index (χ4v) is 3.69. The van der Waals surface area contributed by atoms with Gasteiger partial charge in [-0.3, -0.25) is 4.79 Å². The number of carbonyl (C=O) groups excluding carboxylic acids is 1. The van der Waals surface area contributed by atoms with Gasteiger partial charge in [-0.2, -0.15) is 0 Å². The van der Waals surface area contributed by atoms with E-state index in [2.05, 4.69) is 21.2 Å². The second kappa shape index (κ2) is 6.27. The molecular weight excluding hydrogens is 326 g/mol. The zero-order chi connectivity index (χ0) is 13.9. The summed E-state index contributed by atoms with van der Waals surface area (Å²) in [5, 5.41) is 3.04. The second-order valence-electron chi connectivity index (χ2n) is 5.54. The van der Waals surface area contributed by atoms with Gasteiger partial charge in [0.1, 0.15) is 0 Å². The van der Waals surface area contributed by atoms with Crippen molar-refractivity contribution in [3.8, 4) is 0 Å². The molecule has 1 aromatic rings. The van der Waals surface area contributed by atoms with Crippen LogP contribution in [0.1, 0.15) is 41.6 Å². The van der Waals surface area contributed by atoms with Gasteiger partial charge in [-0.25, -0.2) is 0 Å². The number of nitrogens with one attached hydrogen (secondary N) is 1. The molecule has 0 saturated heterocycles. The first kappa shape index (κ1) is 14.9. The Bertz CT molecular complexity index is 449. The number of alkyl halides is 1. The van der Waals surface area contributed by atoms with Gasteiger partial charge in [0.05, 0.1) is 0 Å². The van der Waals surface area contributed by atoms with Gasteiger partial charge in [0.15, 0.2) is 0 Å². The fraction of sp³-hybridized carbons (Fsp3) is 0.533. The van der Waals surface area contributed by atoms with E-state index >= 15 is 0 Å². The smallest absolute Gasteiger partial charge is 0.251 e. The topological polar surface area (TPSA) is 29.1 Å². The minimum atomic E-state index is -0.0132. The Morgan fingerprint density at radius 1 is 1.37 bits per heavy atom. The van der Waals surface area contributed by atoms with Crippen molar-refractivity contribution in [1.82, 2.24) is 5.32 Å². The van der Waals surface area contributed by atoms with Gasteiger partial charge in [-0.1, -0.05) is 28.8 Å². The Morgan fingerprint density at radius 3 is 2.63 bits per heavy atom. The maximum atomic E-state index is 12.2. The van der Waals surface area contributed by atoms with Gasteiger partial charge in [-0.05, 0) is 43.5 Å². The average molecular weight is 345 g/mol. The normalized spacial score (nSPS) is 17.4. The first-order chi connectivity index (χ1) is 9.04. The van der Waals surface area contributed by atoms with E-state index in [1.165, 1.54) is 12.8 Å². The van der Waals surface area contributed by atoms with Crippen LogP contribution in [0.4, 0.5) is 0 Å². The maximum Gasteiger partial charge on any atom is 0.251 e. The number of amides is 1. The molecule has 1 aromatic carbocycles. The fourth-order valence-electron chi connectivity index (χ4n) is 2.72. The molecule has 1 fully saturated rings. The second-order valence-corrected chi connectivity index (χ2v) is 6.72. The van der Waals surface area contributed by atoms with Crippen molar-refractivity contribution in [3.63, 3.8) is 0 Å². The minimum Gasteiger partial charge on any atom is -0.351 e. The number of carbonyl (C=O) groups is 1. The van der Waals surface area contributed by atoms with Crippen LogP contribution < -0.4 is 5.32 Å². The average Bonchev–Trinajstić information content (AvgIpc) is 2.84. The van der Waals surface area contributed by atoms with Gasteiger partial charge < -0.3 is 5.32 Å². The molecule has 0 bridgehead atoms. The highest BCUT2D eigenvalue weighted by molar-refractivity contribution is 9.10. The summed E-state index contributed by atoms with van der Waals surface area (Å²) < 4.78 is 0.936. The third-order valence-corrected chi connectivity index (χ3v) is 4.90. The third kappa shape index (κ3) is 3.73. The predicted octanol–water partition coefficient (Wildman–Crippen LogP) is 4.29. The number of rotatable bonds is 4. The molecule has 1 N–H and O–H groups in total. The lowest BCUT2D eigenvalue weighted by molar-refractivity contribution is 0.0935. The van der Waals surface area contributed by atoms with E-state index in [0.717, 1.165) is 22.9 Å². The maximum absolute atomic E-state index is 12.2. The predicted molar refractivity (Wildman–Crippen MR) is 82.8 cm³/mol. The first-order valence-corrected chi connectivity index (χ1v) is 7.99. The Morgan fingerprint density at radius 2 is 2.05 bits per heavy atom. The number of benzene rings is 1. The van der Waals surface area contributed by atoms with E-state index < -0.39 is 0 Å². The lowest BCUT2D eigenvalue weighted by atomic mass is 9.88. The van der Waals surface area contributed by atoms with Gasteiger partial charge in [0.2, 0.25) is 0 Å². The molecule has 0 aliphatic heterocycles. The summed E-state index contributed by atoms with van der Waals surface area (Å²) in [5.41, 5.74) is 1.89. The van der Waals surface area contributed by atoms with Crippen LogP contribution in [0, 0.1) is 12.3 Å².